The van der Waals surface area contributed by atoms with Gasteiger partial charge in [0.05, 0.1) is 6.04 Å². The molecule has 1 aliphatic rings. The van der Waals surface area contributed by atoms with E-state index in [1.54, 1.807) is 38.1 Å². The summed E-state index contributed by atoms with van der Waals surface area (Å²) in [7, 11) is 0. The molecule has 0 saturated carbocycles. The van der Waals surface area contributed by atoms with Crippen LogP contribution in [0.2, 0.25) is 5.02 Å². The molecule has 1 heterocycles. The van der Waals surface area contributed by atoms with Gasteiger partial charge < -0.3 is 27.0 Å². The van der Waals surface area contributed by atoms with Crippen LogP contribution in [0.15, 0.2) is 29.3 Å². The molecule has 36 heavy (non-hydrogen) atoms. The molecule has 0 radical (unpaired) electrons. The first kappa shape index (κ1) is 29.0. The van der Waals surface area contributed by atoms with E-state index >= 15 is 0 Å². The van der Waals surface area contributed by atoms with E-state index in [9.17, 15) is 23.6 Å². The van der Waals surface area contributed by atoms with E-state index in [2.05, 4.69) is 15.6 Å². The molecule has 198 valence electrons. The smallest absolute Gasteiger partial charge is 0.251 e. The number of nitrogens with two attached hydrogens (primary N) is 2. The molecule has 10 nitrogen and oxygen atoms in total. The van der Waals surface area contributed by atoms with E-state index in [0.29, 0.717) is 36.4 Å². The lowest BCUT2D eigenvalue weighted by Gasteiger charge is -2.31. The standard InChI is InChI=1S/C24H34ClFN6O4/c1-14(2)20(31-21(34)15-7-9-16(25)10-8-15)23(36)32-12-4-6-18(32)22(35)30-17(19(33)13-26)5-3-11-29-24(27)28/h7-10,14,17-18,20H,3-6,11-13H2,1-2H3,(H,30,35)(H,31,34)(H4,27,28,29)/t17-,18-,20-/m0/s1. The number of guanidine groups is 1. The number of nitrogens with zero attached hydrogens (tertiary/aromatic N) is 2. The lowest BCUT2D eigenvalue weighted by atomic mass is 10.0. The minimum Gasteiger partial charge on any atom is -0.370 e. The van der Waals surface area contributed by atoms with E-state index in [1.165, 1.54) is 4.90 Å². The van der Waals surface area contributed by atoms with Crippen molar-refractivity contribution in [1.29, 1.82) is 0 Å². The number of benzene rings is 1. The number of amides is 3. The van der Waals surface area contributed by atoms with Crippen LogP contribution in [0.25, 0.3) is 0 Å². The second-order valence-electron chi connectivity index (χ2n) is 9.00. The van der Waals surface area contributed by atoms with Crippen LogP contribution in [0.4, 0.5) is 4.39 Å². The minimum atomic E-state index is -1.23. The lowest BCUT2D eigenvalue weighted by Crippen LogP contribution is -2.56. The van der Waals surface area contributed by atoms with Gasteiger partial charge in [0, 0.05) is 23.7 Å². The number of carbonyl (C=O) groups is 4. The number of rotatable bonds is 12. The van der Waals surface area contributed by atoms with Gasteiger partial charge in [0.15, 0.2) is 11.7 Å². The topological polar surface area (TPSA) is 160 Å². The van der Waals surface area contributed by atoms with Gasteiger partial charge in [0.1, 0.15) is 18.8 Å². The fraction of sp³-hybridized carbons (Fsp3) is 0.542. The average Bonchev–Trinajstić information content (AvgIpc) is 3.33. The van der Waals surface area contributed by atoms with Crippen molar-refractivity contribution in [3.05, 3.63) is 34.9 Å². The molecule has 1 aliphatic heterocycles. The molecule has 3 atom stereocenters. The number of hydrogen-bond acceptors (Lipinski definition) is 5. The third kappa shape index (κ3) is 8.18. The predicted molar refractivity (Wildman–Crippen MR) is 135 cm³/mol. The lowest BCUT2D eigenvalue weighted by molar-refractivity contribution is -0.141. The largest absolute Gasteiger partial charge is 0.370 e. The van der Waals surface area contributed by atoms with Crippen molar-refractivity contribution in [2.75, 3.05) is 19.8 Å². The summed E-state index contributed by atoms with van der Waals surface area (Å²) in [6, 6.07) is 3.51. The molecule has 1 saturated heterocycles. The van der Waals surface area contributed by atoms with Crippen LogP contribution in [0, 0.1) is 5.92 Å². The highest BCUT2D eigenvalue weighted by atomic mass is 35.5. The molecule has 0 unspecified atom stereocenters. The minimum absolute atomic E-state index is 0.102. The van der Waals surface area contributed by atoms with Gasteiger partial charge in [0.2, 0.25) is 11.8 Å². The molecule has 2 rings (SSSR count). The summed E-state index contributed by atoms with van der Waals surface area (Å²) in [5, 5.41) is 5.83. The molecule has 1 fully saturated rings. The Bertz CT molecular complexity index is 968. The first-order valence-electron chi connectivity index (χ1n) is 11.9. The Morgan fingerprint density at radius 3 is 2.42 bits per heavy atom. The van der Waals surface area contributed by atoms with Gasteiger partial charge in [-0.15, -0.1) is 0 Å². The zero-order valence-electron chi connectivity index (χ0n) is 20.5. The SMILES string of the molecule is CC(C)[C@H](NC(=O)c1ccc(Cl)cc1)C(=O)N1CCC[C@H]1C(=O)N[C@@H](CCCN=C(N)N)C(=O)CF. The molecule has 0 bridgehead atoms. The first-order chi connectivity index (χ1) is 17.0. The number of alkyl halides is 1. The van der Waals surface area contributed by atoms with Crippen molar-refractivity contribution in [2.24, 2.45) is 22.4 Å². The van der Waals surface area contributed by atoms with Gasteiger partial charge in [-0.05, 0) is 55.9 Å². The van der Waals surface area contributed by atoms with Gasteiger partial charge in [0.25, 0.3) is 5.91 Å². The van der Waals surface area contributed by atoms with Crippen LogP contribution in [-0.2, 0) is 14.4 Å². The molecule has 3 amide bonds. The van der Waals surface area contributed by atoms with E-state index < -0.39 is 48.3 Å². The van der Waals surface area contributed by atoms with Gasteiger partial charge in [-0.25, -0.2) is 4.39 Å². The fourth-order valence-corrected chi connectivity index (χ4v) is 4.13. The second kappa shape index (κ2) is 13.8. The van der Waals surface area contributed by atoms with Crippen LogP contribution < -0.4 is 22.1 Å². The molecule has 1 aromatic carbocycles. The Morgan fingerprint density at radius 1 is 1.17 bits per heavy atom. The average molecular weight is 525 g/mol. The third-order valence-corrected chi connectivity index (χ3v) is 6.20. The molecule has 0 aromatic heterocycles. The third-order valence-electron chi connectivity index (χ3n) is 5.95. The van der Waals surface area contributed by atoms with Crippen LogP contribution in [0.1, 0.15) is 49.9 Å². The molecule has 1 aromatic rings. The molecule has 12 heteroatoms. The van der Waals surface area contributed by atoms with Gasteiger partial charge >= 0.3 is 0 Å². The van der Waals surface area contributed by atoms with Crippen LogP contribution in [0.3, 0.4) is 0 Å². The van der Waals surface area contributed by atoms with Crippen LogP contribution in [-0.4, -0.2) is 72.3 Å². The maximum absolute atomic E-state index is 13.4. The number of likely N-dealkylation sites (tertiary alicyclic amines) is 1. The quantitative estimate of drug-likeness (QED) is 0.182. The Hall–Kier alpha value is -3.21. The summed E-state index contributed by atoms with van der Waals surface area (Å²) in [6.07, 6.45) is 1.47. The van der Waals surface area contributed by atoms with Gasteiger partial charge in [-0.3, -0.25) is 24.2 Å². The van der Waals surface area contributed by atoms with Crippen molar-refractivity contribution in [1.82, 2.24) is 15.5 Å². The number of hydrogen-bond donors (Lipinski definition) is 4. The summed E-state index contributed by atoms with van der Waals surface area (Å²) < 4.78 is 13.1. The Kier molecular flexibility index (Phi) is 11.1. The zero-order chi connectivity index (χ0) is 26.8. The van der Waals surface area contributed by atoms with Crippen molar-refractivity contribution >= 4 is 41.1 Å². The van der Waals surface area contributed by atoms with Crippen molar-refractivity contribution < 1.29 is 23.6 Å². The first-order valence-corrected chi connectivity index (χ1v) is 12.2. The summed E-state index contributed by atoms with van der Waals surface area (Å²) in [4.78, 5) is 56.5. The monoisotopic (exact) mass is 524 g/mol. The highest BCUT2D eigenvalue weighted by Gasteiger charge is 2.39. The van der Waals surface area contributed by atoms with Gasteiger partial charge in [-0.1, -0.05) is 25.4 Å². The molecule has 0 aliphatic carbocycles. The normalized spacial score (nSPS) is 16.8. The number of Topliss-reactive ketones (excluding diaryl/α,β-unsaturated/α-hetero) is 1. The fourth-order valence-electron chi connectivity index (χ4n) is 4.00. The highest BCUT2D eigenvalue weighted by Crippen LogP contribution is 2.21. The second-order valence-corrected chi connectivity index (χ2v) is 9.44. The Morgan fingerprint density at radius 2 is 1.83 bits per heavy atom. The van der Waals surface area contributed by atoms with Crippen molar-refractivity contribution in [3.63, 3.8) is 0 Å². The maximum atomic E-state index is 13.4. The van der Waals surface area contributed by atoms with Gasteiger partial charge in [-0.2, -0.15) is 0 Å². The number of nitrogens with one attached hydrogen (secondary N) is 2. The van der Waals surface area contributed by atoms with E-state index in [-0.39, 0.29) is 24.8 Å². The van der Waals surface area contributed by atoms with E-state index in [1.807, 2.05) is 0 Å². The summed E-state index contributed by atoms with van der Waals surface area (Å²) >= 11 is 5.88. The molecular formula is C24H34ClFN6O4. The molecular weight excluding hydrogens is 491 g/mol. The van der Waals surface area contributed by atoms with Crippen LogP contribution >= 0.6 is 11.6 Å². The summed E-state index contributed by atoms with van der Waals surface area (Å²) in [5.41, 5.74) is 10.9. The number of ketones is 1. The summed E-state index contributed by atoms with van der Waals surface area (Å²) in [5.74, 6) is -2.50. The van der Waals surface area contributed by atoms with E-state index in [4.69, 9.17) is 23.1 Å². The number of aliphatic imine (C=N–C) groups is 1. The van der Waals surface area contributed by atoms with E-state index in [0.717, 1.165) is 0 Å². The van der Waals surface area contributed by atoms with Crippen molar-refractivity contribution in [2.45, 2.75) is 57.7 Å². The highest BCUT2D eigenvalue weighted by molar-refractivity contribution is 6.30. The van der Waals surface area contributed by atoms with Crippen LogP contribution in [0.5, 0.6) is 0 Å². The molecule has 0 spiro atoms. The number of halogens is 2. The Balaban J connectivity index is 2.09. The predicted octanol–water partition coefficient (Wildman–Crippen LogP) is 1.16. The number of carbonyl (C=O) groups excluding carboxylic acids is 4. The summed E-state index contributed by atoms with van der Waals surface area (Å²) in [6.45, 7) is 2.91. The van der Waals surface area contributed by atoms with Crippen molar-refractivity contribution in [3.8, 4) is 0 Å². The molecule has 6 N–H and O–H groups in total. The Labute approximate surface area is 215 Å². The zero-order valence-corrected chi connectivity index (χ0v) is 21.3. The maximum Gasteiger partial charge on any atom is 0.251 e.